The number of amides is 2. The fourth-order valence-electron chi connectivity index (χ4n) is 3.11. The van der Waals surface area contributed by atoms with Gasteiger partial charge in [0.15, 0.2) is 18.1 Å². The first-order chi connectivity index (χ1) is 13.3. The zero-order valence-corrected chi connectivity index (χ0v) is 15.7. The van der Waals surface area contributed by atoms with Gasteiger partial charge in [0.25, 0.3) is 11.8 Å². The minimum atomic E-state index is -0.762. The summed E-state index contributed by atoms with van der Waals surface area (Å²) >= 11 is 6.18. The average Bonchev–Trinajstić information content (AvgIpc) is 2.65. The molecule has 0 atom stereocenters. The first kappa shape index (κ1) is 19.9. The van der Waals surface area contributed by atoms with E-state index in [-0.39, 0.29) is 27.8 Å². The third kappa shape index (κ3) is 3.87. The van der Waals surface area contributed by atoms with E-state index in [1.54, 1.807) is 0 Å². The summed E-state index contributed by atoms with van der Waals surface area (Å²) in [6.07, 6.45) is 0.946. The van der Waals surface area contributed by atoms with Crippen molar-refractivity contribution in [1.29, 1.82) is 0 Å². The van der Waals surface area contributed by atoms with Crippen molar-refractivity contribution in [3.8, 4) is 11.5 Å². The first-order valence-corrected chi connectivity index (χ1v) is 8.78. The van der Waals surface area contributed by atoms with Gasteiger partial charge in [0, 0.05) is 23.7 Å². The van der Waals surface area contributed by atoms with Crippen LogP contribution in [0.15, 0.2) is 24.3 Å². The van der Waals surface area contributed by atoms with Gasteiger partial charge >= 0.3 is 0 Å². The molecule has 3 rings (SSSR count). The summed E-state index contributed by atoms with van der Waals surface area (Å²) in [4.78, 5) is 25.3. The molecule has 0 unspecified atom stereocenters. The zero-order chi connectivity index (χ0) is 20.4. The van der Waals surface area contributed by atoms with E-state index >= 15 is 0 Å². The number of nitrogens with zero attached hydrogens (tertiary/aromatic N) is 1. The van der Waals surface area contributed by atoms with E-state index < -0.39 is 30.1 Å². The van der Waals surface area contributed by atoms with Gasteiger partial charge in [0.05, 0.1) is 17.8 Å². The molecule has 0 aliphatic carbocycles. The maximum atomic E-state index is 14.1. The molecule has 2 aromatic carbocycles. The molecular formula is C19H17ClF2N2O4. The van der Waals surface area contributed by atoms with Crippen LogP contribution in [0.25, 0.3) is 0 Å². The first-order valence-electron chi connectivity index (χ1n) is 8.40. The van der Waals surface area contributed by atoms with E-state index in [0.29, 0.717) is 24.9 Å². The van der Waals surface area contributed by atoms with Crippen LogP contribution in [-0.2, 0) is 11.2 Å². The maximum Gasteiger partial charge on any atom is 0.258 e. The number of primary amides is 1. The van der Waals surface area contributed by atoms with Crippen LogP contribution in [0.4, 0.5) is 14.5 Å². The van der Waals surface area contributed by atoms with Crippen molar-refractivity contribution in [2.45, 2.75) is 12.8 Å². The third-order valence-corrected chi connectivity index (χ3v) is 4.60. The molecule has 2 N–H and O–H groups in total. The summed E-state index contributed by atoms with van der Waals surface area (Å²) in [5.74, 6) is -2.45. The van der Waals surface area contributed by atoms with Gasteiger partial charge in [0.1, 0.15) is 11.6 Å². The van der Waals surface area contributed by atoms with Gasteiger partial charge in [-0.3, -0.25) is 9.59 Å². The van der Waals surface area contributed by atoms with E-state index in [1.165, 1.54) is 24.1 Å². The normalized spacial score (nSPS) is 13.1. The van der Waals surface area contributed by atoms with Gasteiger partial charge in [0.2, 0.25) is 0 Å². The molecule has 0 bridgehead atoms. The Bertz CT molecular complexity index is 952. The summed E-state index contributed by atoms with van der Waals surface area (Å²) in [6, 6.07) is 4.66. The lowest BCUT2D eigenvalue weighted by molar-refractivity contribution is -0.119. The zero-order valence-electron chi connectivity index (χ0n) is 14.9. The van der Waals surface area contributed by atoms with Gasteiger partial charge in [-0.15, -0.1) is 0 Å². The molecule has 0 radical (unpaired) electrons. The van der Waals surface area contributed by atoms with Crippen molar-refractivity contribution in [2.75, 3.05) is 25.2 Å². The Morgan fingerprint density at radius 2 is 2.00 bits per heavy atom. The highest BCUT2D eigenvalue weighted by atomic mass is 35.5. The second-order valence-electron chi connectivity index (χ2n) is 6.19. The molecular weight excluding hydrogens is 394 g/mol. The van der Waals surface area contributed by atoms with Crippen molar-refractivity contribution < 1.29 is 27.8 Å². The molecule has 1 aliphatic rings. The van der Waals surface area contributed by atoms with E-state index in [0.717, 1.165) is 12.1 Å². The Hall–Kier alpha value is -2.87. The van der Waals surface area contributed by atoms with Crippen molar-refractivity contribution in [2.24, 2.45) is 5.73 Å². The highest BCUT2D eigenvalue weighted by Crippen LogP contribution is 2.38. The number of fused-ring (bicyclic) bond motifs is 1. The standard InChI is InChI=1S/C19H17ClF2N2O4/c1-27-16-6-10(5-13(20)18(16)28-9-17(23)25)19(26)24-4-2-3-12-14(22)7-11(21)8-15(12)24/h5-8H,2-4,9H2,1H3,(H2,23,25). The Morgan fingerprint density at radius 3 is 2.68 bits per heavy atom. The smallest absolute Gasteiger partial charge is 0.258 e. The molecule has 0 aromatic heterocycles. The minimum absolute atomic E-state index is 0.0339. The van der Waals surface area contributed by atoms with Gasteiger partial charge in [-0.1, -0.05) is 11.6 Å². The molecule has 2 amide bonds. The molecule has 0 saturated heterocycles. The predicted octanol–water partition coefficient (Wildman–Crippen LogP) is 3.08. The average molecular weight is 411 g/mol. The monoisotopic (exact) mass is 410 g/mol. The van der Waals surface area contributed by atoms with E-state index in [1.807, 2.05) is 0 Å². The Labute approximate surface area is 164 Å². The number of hydrogen-bond acceptors (Lipinski definition) is 4. The molecule has 0 saturated carbocycles. The second kappa shape index (κ2) is 8.02. The molecule has 1 heterocycles. The number of halogens is 3. The highest BCUT2D eigenvalue weighted by Gasteiger charge is 2.28. The topological polar surface area (TPSA) is 81.9 Å². The molecule has 1 aliphatic heterocycles. The lowest BCUT2D eigenvalue weighted by Gasteiger charge is -2.30. The maximum absolute atomic E-state index is 14.1. The van der Waals surface area contributed by atoms with Gasteiger partial charge in [-0.05, 0) is 31.0 Å². The van der Waals surface area contributed by atoms with E-state index in [4.69, 9.17) is 26.8 Å². The van der Waals surface area contributed by atoms with Gasteiger partial charge < -0.3 is 20.1 Å². The summed E-state index contributed by atoms with van der Waals surface area (Å²) in [7, 11) is 1.35. The fourth-order valence-corrected chi connectivity index (χ4v) is 3.37. The number of methoxy groups -OCH3 is 1. The summed E-state index contributed by atoms with van der Waals surface area (Å²) in [6.45, 7) is -0.115. The molecule has 0 fully saturated rings. The second-order valence-corrected chi connectivity index (χ2v) is 6.60. The number of benzene rings is 2. The minimum Gasteiger partial charge on any atom is -0.493 e. The Balaban J connectivity index is 1.98. The molecule has 148 valence electrons. The van der Waals surface area contributed by atoms with Crippen LogP contribution >= 0.6 is 11.6 Å². The van der Waals surface area contributed by atoms with Crippen molar-refractivity contribution >= 4 is 29.1 Å². The van der Waals surface area contributed by atoms with Crippen LogP contribution in [0, 0.1) is 11.6 Å². The number of carbonyl (C=O) groups is 2. The fraction of sp³-hybridized carbons (Fsp3) is 0.263. The van der Waals surface area contributed by atoms with Crippen LogP contribution in [0.3, 0.4) is 0 Å². The summed E-state index contributed by atoms with van der Waals surface area (Å²) < 4.78 is 38.2. The van der Waals surface area contributed by atoms with Crippen LogP contribution in [0.5, 0.6) is 11.5 Å². The number of rotatable bonds is 5. The highest BCUT2D eigenvalue weighted by molar-refractivity contribution is 6.33. The summed E-state index contributed by atoms with van der Waals surface area (Å²) in [5, 5.41) is 0.0339. The largest absolute Gasteiger partial charge is 0.493 e. The number of carbonyl (C=O) groups excluding carboxylic acids is 2. The molecule has 6 nitrogen and oxygen atoms in total. The van der Waals surface area contributed by atoms with Gasteiger partial charge in [-0.25, -0.2) is 8.78 Å². The molecule has 28 heavy (non-hydrogen) atoms. The SMILES string of the molecule is COc1cc(C(=O)N2CCCc3c(F)cc(F)cc32)cc(Cl)c1OCC(N)=O. The van der Waals surface area contributed by atoms with Crippen LogP contribution < -0.4 is 20.1 Å². The number of anilines is 1. The van der Waals surface area contributed by atoms with Crippen molar-refractivity contribution in [3.05, 3.63) is 52.0 Å². The Morgan fingerprint density at radius 1 is 1.25 bits per heavy atom. The van der Waals surface area contributed by atoms with Crippen molar-refractivity contribution in [1.82, 2.24) is 0 Å². The van der Waals surface area contributed by atoms with Crippen LogP contribution in [0.1, 0.15) is 22.3 Å². The molecule has 9 heteroatoms. The predicted molar refractivity (Wildman–Crippen MR) is 99.0 cm³/mol. The number of hydrogen-bond donors (Lipinski definition) is 1. The van der Waals surface area contributed by atoms with Crippen molar-refractivity contribution in [3.63, 3.8) is 0 Å². The lowest BCUT2D eigenvalue weighted by Crippen LogP contribution is -2.36. The van der Waals surface area contributed by atoms with Gasteiger partial charge in [-0.2, -0.15) is 0 Å². The van der Waals surface area contributed by atoms with Crippen LogP contribution in [0.2, 0.25) is 5.02 Å². The number of ether oxygens (including phenoxy) is 2. The van der Waals surface area contributed by atoms with E-state index in [2.05, 4.69) is 0 Å². The lowest BCUT2D eigenvalue weighted by atomic mass is 9.99. The third-order valence-electron chi connectivity index (χ3n) is 4.32. The van der Waals surface area contributed by atoms with Crippen LogP contribution in [-0.4, -0.2) is 32.1 Å². The Kier molecular flexibility index (Phi) is 5.69. The molecule has 2 aromatic rings. The molecule has 0 spiro atoms. The quantitative estimate of drug-likeness (QED) is 0.821. The number of nitrogens with two attached hydrogens (primary N) is 1. The summed E-state index contributed by atoms with van der Waals surface area (Å²) in [5.41, 5.74) is 5.69. The van der Waals surface area contributed by atoms with E-state index in [9.17, 15) is 18.4 Å².